The number of hydrogen-bond acceptors (Lipinski definition) is 2. The Bertz CT molecular complexity index is 235. The zero-order valence-corrected chi connectivity index (χ0v) is 9.09. The predicted molar refractivity (Wildman–Crippen MR) is 49.5 cm³/mol. The first kappa shape index (κ1) is 7.25. The van der Waals surface area contributed by atoms with Crippen LogP contribution in [0.15, 0.2) is 8.39 Å². The van der Waals surface area contributed by atoms with Crippen LogP contribution < -0.4 is 0 Å². The van der Waals surface area contributed by atoms with E-state index in [1.54, 1.807) is 11.3 Å². The quantitative estimate of drug-likeness (QED) is 0.768. The van der Waals surface area contributed by atoms with Crippen molar-refractivity contribution in [2.75, 3.05) is 0 Å². The van der Waals surface area contributed by atoms with Gasteiger partial charge in [-0.05, 0) is 44.7 Å². The van der Waals surface area contributed by atoms with Crippen LogP contribution in [0.2, 0.25) is 0 Å². The maximum atomic E-state index is 4.36. The summed E-state index contributed by atoms with van der Waals surface area (Å²) in [6.07, 6.45) is 2.65. The van der Waals surface area contributed by atoms with E-state index in [9.17, 15) is 0 Å². The molecular formula is C6H5Br2NS. The second-order valence-corrected chi connectivity index (χ2v) is 5.49. The third-order valence-corrected chi connectivity index (χ3v) is 4.73. The zero-order chi connectivity index (χ0) is 7.14. The highest BCUT2D eigenvalue weighted by Gasteiger charge is 2.27. The first-order valence-corrected chi connectivity index (χ1v) is 5.49. The van der Waals surface area contributed by atoms with Gasteiger partial charge in [0, 0.05) is 5.92 Å². The maximum Gasteiger partial charge on any atom is 0.131 e. The van der Waals surface area contributed by atoms with E-state index in [1.165, 1.54) is 17.8 Å². The Morgan fingerprint density at radius 1 is 1.40 bits per heavy atom. The smallest absolute Gasteiger partial charge is 0.131 e. The number of aromatic nitrogens is 1. The van der Waals surface area contributed by atoms with Crippen molar-refractivity contribution in [1.29, 1.82) is 0 Å². The van der Waals surface area contributed by atoms with Gasteiger partial charge in [-0.15, -0.1) is 11.3 Å². The second kappa shape index (κ2) is 2.57. The molecule has 1 aliphatic carbocycles. The molecule has 0 bridgehead atoms. The number of hydrogen-bond donors (Lipinski definition) is 0. The molecule has 0 unspecified atom stereocenters. The van der Waals surface area contributed by atoms with E-state index in [2.05, 4.69) is 36.8 Å². The summed E-state index contributed by atoms with van der Waals surface area (Å²) in [5, 5.41) is 1.28. The molecule has 0 aromatic carbocycles. The van der Waals surface area contributed by atoms with Crippen molar-refractivity contribution in [3.8, 4) is 0 Å². The van der Waals surface area contributed by atoms with Crippen molar-refractivity contribution in [3.63, 3.8) is 0 Å². The van der Waals surface area contributed by atoms with Gasteiger partial charge in [-0.3, -0.25) is 0 Å². The number of rotatable bonds is 1. The molecule has 1 nitrogen and oxygen atoms in total. The summed E-state index contributed by atoms with van der Waals surface area (Å²) in [4.78, 5) is 4.36. The fourth-order valence-corrected chi connectivity index (χ4v) is 2.79. The fourth-order valence-electron chi connectivity index (χ4n) is 0.802. The highest BCUT2D eigenvalue weighted by atomic mass is 79.9. The van der Waals surface area contributed by atoms with Crippen LogP contribution in [0.25, 0.3) is 0 Å². The van der Waals surface area contributed by atoms with Gasteiger partial charge in [-0.2, -0.15) is 0 Å². The maximum absolute atomic E-state index is 4.36. The van der Waals surface area contributed by atoms with Gasteiger partial charge < -0.3 is 0 Å². The van der Waals surface area contributed by atoms with Gasteiger partial charge in [0.2, 0.25) is 0 Å². The summed E-state index contributed by atoms with van der Waals surface area (Å²) in [6.45, 7) is 0. The third kappa shape index (κ3) is 1.29. The minimum Gasteiger partial charge on any atom is -0.233 e. The van der Waals surface area contributed by atoms with Crippen LogP contribution in [0.3, 0.4) is 0 Å². The van der Waals surface area contributed by atoms with Crippen LogP contribution in [-0.2, 0) is 0 Å². The lowest BCUT2D eigenvalue weighted by atomic mass is 10.5. The SMILES string of the molecule is Brc1nc(C2CC2)sc1Br. The third-order valence-electron chi connectivity index (χ3n) is 1.49. The van der Waals surface area contributed by atoms with Crippen molar-refractivity contribution in [2.45, 2.75) is 18.8 Å². The molecule has 0 spiro atoms. The Morgan fingerprint density at radius 2 is 2.10 bits per heavy atom. The van der Waals surface area contributed by atoms with Crippen LogP contribution in [-0.4, -0.2) is 4.98 Å². The molecule has 54 valence electrons. The molecule has 0 atom stereocenters. The summed E-state index contributed by atoms with van der Waals surface area (Å²) >= 11 is 8.53. The molecule has 1 saturated carbocycles. The normalized spacial score (nSPS) is 17.8. The van der Waals surface area contributed by atoms with Crippen LogP contribution in [0, 0.1) is 0 Å². The lowest BCUT2D eigenvalue weighted by Crippen LogP contribution is -1.72. The molecule has 1 aromatic rings. The predicted octanol–water partition coefficient (Wildman–Crippen LogP) is 3.55. The van der Waals surface area contributed by atoms with Gasteiger partial charge in [0.05, 0.1) is 5.01 Å². The second-order valence-electron chi connectivity index (χ2n) is 2.39. The molecule has 0 saturated heterocycles. The van der Waals surface area contributed by atoms with Crippen molar-refractivity contribution in [1.82, 2.24) is 4.98 Å². The number of halogens is 2. The molecule has 1 aliphatic rings. The average molecular weight is 283 g/mol. The summed E-state index contributed by atoms with van der Waals surface area (Å²) < 4.78 is 2.08. The average Bonchev–Trinajstić information content (AvgIpc) is 2.64. The van der Waals surface area contributed by atoms with E-state index in [0.29, 0.717) is 0 Å². The summed E-state index contributed by atoms with van der Waals surface area (Å²) in [5.41, 5.74) is 0. The van der Waals surface area contributed by atoms with Gasteiger partial charge in [-0.25, -0.2) is 4.98 Å². The van der Waals surface area contributed by atoms with Crippen LogP contribution >= 0.6 is 43.2 Å². The minimum absolute atomic E-state index is 0.771. The lowest BCUT2D eigenvalue weighted by Gasteiger charge is -1.81. The van der Waals surface area contributed by atoms with Crippen molar-refractivity contribution >= 4 is 43.2 Å². The van der Waals surface area contributed by atoms with E-state index in [4.69, 9.17) is 0 Å². The number of thiazole rings is 1. The van der Waals surface area contributed by atoms with Gasteiger partial charge in [-0.1, -0.05) is 0 Å². The molecule has 0 amide bonds. The largest absolute Gasteiger partial charge is 0.233 e. The van der Waals surface area contributed by atoms with E-state index >= 15 is 0 Å². The zero-order valence-electron chi connectivity index (χ0n) is 5.10. The molecule has 0 N–H and O–H groups in total. The van der Waals surface area contributed by atoms with E-state index in [1.807, 2.05) is 0 Å². The Kier molecular flexibility index (Phi) is 1.86. The van der Waals surface area contributed by atoms with Crippen molar-refractivity contribution in [2.24, 2.45) is 0 Å². The first-order chi connectivity index (χ1) is 4.77. The van der Waals surface area contributed by atoms with Gasteiger partial charge >= 0.3 is 0 Å². The standard InChI is InChI=1S/C6H5Br2NS/c7-4-5(8)10-6(9-4)3-1-2-3/h3H,1-2H2. The highest BCUT2D eigenvalue weighted by molar-refractivity contribution is 9.13. The molecule has 1 heterocycles. The molecular weight excluding hydrogens is 278 g/mol. The Balaban J connectivity index is 2.34. The monoisotopic (exact) mass is 281 g/mol. The summed E-state index contributed by atoms with van der Waals surface area (Å²) in [7, 11) is 0. The molecule has 0 radical (unpaired) electrons. The molecule has 4 heteroatoms. The van der Waals surface area contributed by atoms with Gasteiger partial charge in [0.15, 0.2) is 0 Å². The van der Waals surface area contributed by atoms with Crippen LogP contribution in [0.4, 0.5) is 0 Å². The minimum atomic E-state index is 0.771. The lowest BCUT2D eigenvalue weighted by molar-refractivity contribution is 1.07. The van der Waals surface area contributed by atoms with E-state index in [0.717, 1.165) is 14.3 Å². The molecule has 1 fully saturated rings. The summed E-state index contributed by atoms with van der Waals surface area (Å²) in [5.74, 6) is 0.771. The fraction of sp³-hybridized carbons (Fsp3) is 0.500. The number of nitrogens with zero attached hydrogens (tertiary/aromatic N) is 1. The van der Waals surface area contributed by atoms with Crippen LogP contribution in [0.1, 0.15) is 23.8 Å². The molecule has 1 aromatic heterocycles. The van der Waals surface area contributed by atoms with E-state index < -0.39 is 0 Å². The summed E-state index contributed by atoms with van der Waals surface area (Å²) in [6, 6.07) is 0. The van der Waals surface area contributed by atoms with Gasteiger partial charge in [0.1, 0.15) is 8.39 Å². The van der Waals surface area contributed by atoms with E-state index in [-0.39, 0.29) is 0 Å². The van der Waals surface area contributed by atoms with Crippen molar-refractivity contribution < 1.29 is 0 Å². The Labute approximate surface area is 80.1 Å². The Morgan fingerprint density at radius 3 is 2.50 bits per heavy atom. The Hall–Kier alpha value is 0.590. The molecule has 10 heavy (non-hydrogen) atoms. The highest BCUT2D eigenvalue weighted by Crippen LogP contribution is 2.44. The van der Waals surface area contributed by atoms with Crippen LogP contribution in [0.5, 0.6) is 0 Å². The van der Waals surface area contributed by atoms with Crippen molar-refractivity contribution in [3.05, 3.63) is 13.4 Å². The van der Waals surface area contributed by atoms with Gasteiger partial charge in [0.25, 0.3) is 0 Å². The topological polar surface area (TPSA) is 12.9 Å². The molecule has 2 rings (SSSR count). The molecule has 0 aliphatic heterocycles. The first-order valence-electron chi connectivity index (χ1n) is 3.09.